The molecule has 1 N–H and O–H groups in total. The Kier molecular flexibility index (Phi) is 6.27. The van der Waals surface area contributed by atoms with Gasteiger partial charge in [0.05, 0.1) is 5.25 Å². The normalized spacial score (nSPS) is 16.2. The first kappa shape index (κ1) is 19.4. The molecule has 1 aliphatic carbocycles. The molecule has 1 aromatic carbocycles. The predicted octanol–water partition coefficient (Wildman–Crippen LogP) is 5.54. The van der Waals surface area contributed by atoms with Gasteiger partial charge < -0.3 is 5.32 Å². The highest BCUT2D eigenvalue weighted by Gasteiger charge is 2.20. The number of rotatable bonds is 6. The van der Waals surface area contributed by atoms with Gasteiger partial charge >= 0.3 is 0 Å². The molecular weight excluding hydrogens is 386 g/mol. The topological polar surface area (TPSA) is 54.9 Å². The van der Waals surface area contributed by atoms with Gasteiger partial charge in [-0.25, -0.2) is 9.97 Å². The summed E-state index contributed by atoms with van der Waals surface area (Å²) in [5.74, 6) is 0.742. The lowest BCUT2D eigenvalue weighted by Crippen LogP contribution is -2.35. The van der Waals surface area contributed by atoms with Gasteiger partial charge in [-0.2, -0.15) is 0 Å². The van der Waals surface area contributed by atoms with Crippen LogP contribution in [0.25, 0.3) is 20.7 Å². The molecule has 4 rings (SSSR count). The maximum atomic E-state index is 12.6. The van der Waals surface area contributed by atoms with Crippen molar-refractivity contribution in [3.8, 4) is 10.4 Å². The molecule has 4 nitrogen and oxygen atoms in total. The van der Waals surface area contributed by atoms with E-state index in [4.69, 9.17) is 0 Å². The molecular formula is C22H25N3OS2. The van der Waals surface area contributed by atoms with E-state index in [1.165, 1.54) is 54.3 Å². The van der Waals surface area contributed by atoms with E-state index in [0.29, 0.717) is 5.92 Å². The molecule has 28 heavy (non-hydrogen) atoms. The molecule has 0 aliphatic heterocycles. The molecule has 2 aromatic heterocycles. The van der Waals surface area contributed by atoms with Crippen molar-refractivity contribution < 1.29 is 4.79 Å². The second-order valence-electron chi connectivity index (χ2n) is 7.38. The average molecular weight is 412 g/mol. The van der Waals surface area contributed by atoms with E-state index in [0.717, 1.165) is 21.8 Å². The molecule has 2 heterocycles. The van der Waals surface area contributed by atoms with E-state index in [-0.39, 0.29) is 11.2 Å². The molecule has 1 saturated carbocycles. The summed E-state index contributed by atoms with van der Waals surface area (Å²) < 4.78 is 0. The van der Waals surface area contributed by atoms with Gasteiger partial charge in [-0.15, -0.1) is 11.3 Å². The quantitative estimate of drug-likeness (QED) is 0.428. The van der Waals surface area contributed by atoms with Crippen LogP contribution in [-0.2, 0) is 4.79 Å². The fourth-order valence-corrected chi connectivity index (χ4v) is 5.66. The summed E-state index contributed by atoms with van der Waals surface area (Å²) in [6.07, 6.45) is 8.02. The fraction of sp³-hybridized carbons (Fsp3) is 0.409. The lowest BCUT2D eigenvalue weighted by molar-refractivity contribution is -0.120. The van der Waals surface area contributed by atoms with E-state index < -0.39 is 0 Å². The molecule has 1 atom stereocenters. The first-order chi connectivity index (χ1) is 13.7. The summed E-state index contributed by atoms with van der Waals surface area (Å²) in [6, 6.07) is 12.5. The SMILES string of the molecule is C[C@H](Sc1ncnc2sc(-c3ccccc3)cc12)C(=O)NCC1CCCCC1. The number of carbonyl (C=O) groups excluding carboxylic acids is 1. The van der Waals surface area contributed by atoms with Crippen molar-refractivity contribution in [3.05, 3.63) is 42.7 Å². The highest BCUT2D eigenvalue weighted by atomic mass is 32.2. The minimum atomic E-state index is -0.179. The zero-order chi connectivity index (χ0) is 19.3. The lowest BCUT2D eigenvalue weighted by atomic mass is 9.89. The van der Waals surface area contributed by atoms with E-state index in [1.807, 2.05) is 25.1 Å². The zero-order valence-electron chi connectivity index (χ0n) is 16.1. The Morgan fingerprint density at radius 2 is 2.00 bits per heavy atom. The van der Waals surface area contributed by atoms with Crippen LogP contribution in [0.4, 0.5) is 0 Å². The van der Waals surface area contributed by atoms with Gasteiger partial charge in [0.25, 0.3) is 0 Å². The first-order valence-corrected chi connectivity index (χ1v) is 11.6. The largest absolute Gasteiger partial charge is 0.355 e. The van der Waals surface area contributed by atoms with Gasteiger partial charge in [0.1, 0.15) is 16.2 Å². The number of hydrogen-bond acceptors (Lipinski definition) is 5. The molecule has 0 unspecified atom stereocenters. The third kappa shape index (κ3) is 4.55. The minimum absolute atomic E-state index is 0.0980. The van der Waals surface area contributed by atoms with Crippen LogP contribution in [0.5, 0.6) is 0 Å². The molecule has 146 valence electrons. The van der Waals surface area contributed by atoms with Crippen LogP contribution in [-0.4, -0.2) is 27.7 Å². The summed E-state index contributed by atoms with van der Waals surface area (Å²) in [4.78, 5) is 23.6. The van der Waals surface area contributed by atoms with Gasteiger partial charge in [0.15, 0.2) is 0 Å². The molecule has 0 bridgehead atoms. The van der Waals surface area contributed by atoms with Crippen molar-refractivity contribution in [2.24, 2.45) is 5.92 Å². The molecule has 1 fully saturated rings. The standard InChI is InChI=1S/C22H25N3OS2/c1-15(20(26)23-13-16-8-4-2-5-9-16)27-21-18-12-19(17-10-6-3-7-11-17)28-22(18)25-14-24-21/h3,6-7,10-12,14-16H,2,4-5,8-9,13H2,1H3,(H,23,26)/t15-/m0/s1. The van der Waals surface area contributed by atoms with Crippen LogP contribution in [0.3, 0.4) is 0 Å². The predicted molar refractivity (Wildman–Crippen MR) is 118 cm³/mol. The van der Waals surface area contributed by atoms with E-state index in [9.17, 15) is 4.79 Å². The number of thioether (sulfide) groups is 1. The van der Waals surface area contributed by atoms with Gasteiger partial charge in [0, 0.05) is 16.8 Å². The fourth-order valence-electron chi connectivity index (χ4n) is 3.67. The number of carbonyl (C=O) groups is 1. The van der Waals surface area contributed by atoms with E-state index in [2.05, 4.69) is 33.5 Å². The van der Waals surface area contributed by atoms with Gasteiger partial charge in [-0.3, -0.25) is 4.79 Å². The number of aromatic nitrogens is 2. The third-order valence-electron chi connectivity index (χ3n) is 5.30. The Bertz CT molecular complexity index is 935. The smallest absolute Gasteiger partial charge is 0.233 e. The molecule has 1 amide bonds. The molecule has 0 saturated heterocycles. The van der Waals surface area contributed by atoms with Crippen molar-refractivity contribution in [1.82, 2.24) is 15.3 Å². The van der Waals surface area contributed by atoms with Crippen LogP contribution in [0.2, 0.25) is 0 Å². The summed E-state index contributed by atoms with van der Waals surface area (Å²) >= 11 is 3.18. The van der Waals surface area contributed by atoms with Gasteiger partial charge in [-0.05, 0) is 37.3 Å². The van der Waals surface area contributed by atoms with Crippen LogP contribution < -0.4 is 5.32 Å². The van der Waals surface area contributed by atoms with Crippen molar-refractivity contribution in [3.63, 3.8) is 0 Å². The Hall–Kier alpha value is -1.92. The maximum Gasteiger partial charge on any atom is 0.233 e. The number of fused-ring (bicyclic) bond motifs is 1. The molecule has 6 heteroatoms. The van der Waals surface area contributed by atoms with Crippen LogP contribution in [0, 0.1) is 5.92 Å². The van der Waals surface area contributed by atoms with Crippen molar-refractivity contribution >= 4 is 39.2 Å². The minimum Gasteiger partial charge on any atom is -0.355 e. The number of nitrogens with zero attached hydrogens (tertiary/aromatic N) is 2. The molecule has 1 aliphatic rings. The summed E-state index contributed by atoms with van der Waals surface area (Å²) in [5, 5.41) is 4.88. The summed E-state index contributed by atoms with van der Waals surface area (Å²) in [5.41, 5.74) is 1.18. The number of nitrogens with one attached hydrogen (secondary N) is 1. The van der Waals surface area contributed by atoms with Crippen LogP contribution in [0.1, 0.15) is 39.0 Å². The number of benzene rings is 1. The Morgan fingerprint density at radius 1 is 1.21 bits per heavy atom. The zero-order valence-corrected chi connectivity index (χ0v) is 17.7. The van der Waals surface area contributed by atoms with Gasteiger partial charge in [0.2, 0.25) is 5.91 Å². The molecule has 0 spiro atoms. The monoisotopic (exact) mass is 411 g/mol. The molecule has 3 aromatic rings. The first-order valence-electron chi connectivity index (χ1n) is 9.95. The van der Waals surface area contributed by atoms with E-state index in [1.54, 1.807) is 17.7 Å². The third-order valence-corrected chi connectivity index (χ3v) is 7.51. The second kappa shape index (κ2) is 9.05. The van der Waals surface area contributed by atoms with E-state index >= 15 is 0 Å². The second-order valence-corrected chi connectivity index (χ2v) is 9.74. The summed E-state index contributed by atoms with van der Waals surface area (Å²) in [6.45, 7) is 2.76. The molecule has 0 radical (unpaired) electrons. The van der Waals surface area contributed by atoms with Crippen LogP contribution >= 0.6 is 23.1 Å². The van der Waals surface area contributed by atoms with Crippen molar-refractivity contribution in [2.75, 3.05) is 6.54 Å². The maximum absolute atomic E-state index is 12.6. The van der Waals surface area contributed by atoms with Crippen molar-refractivity contribution in [2.45, 2.75) is 49.3 Å². The number of amides is 1. The number of hydrogen-bond donors (Lipinski definition) is 1. The average Bonchev–Trinajstić information content (AvgIpc) is 3.19. The lowest BCUT2D eigenvalue weighted by Gasteiger charge is -2.22. The summed E-state index contributed by atoms with van der Waals surface area (Å²) in [7, 11) is 0. The van der Waals surface area contributed by atoms with Crippen LogP contribution in [0.15, 0.2) is 47.8 Å². The Balaban J connectivity index is 1.44. The highest BCUT2D eigenvalue weighted by Crippen LogP contribution is 2.37. The van der Waals surface area contributed by atoms with Crippen molar-refractivity contribution in [1.29, 1.82) is 0 Å². The number of thiophene rings is 1. The van der Waals surface area contributed by atoms with Gasteiger partial charge in [-0.1, -0.05) is 61.4 Å². The Morgan fingerprint density at radius 3 is 2.79 bits per heavy atom. The highest BCUT2D eigenvalue weighted by molar-refractivity contribution is 8.00. The Labute approximate surface area is 174 Å².